The lowest BCUT2D eigenvalue weighted by Crippen LogP contribution is -2.26. The van der Waals surface area contributed by atoms with Crippen LogP contribution in [0.5, 0.6) is 0 Å². The van der Waals surface area contributed by atoms with E-state index in [4.69, 9.17) is 15.6 Å². The summed E-state index contributed by atoms with van der Waals surface area (Å²) >= 11 is 0. The van der Waals surface area contributed by atoms with Crippen LogP contribution in [-0.2, 0) is 4.84 Å². The normalized spacial score (nSPS) is 27.2. The molecule has 0 spiro atoms. The maximum atomic E-state index is 5.98. The van der Waals surface area contributed by atoms with Gasteiger partial charge in [-0.1, -0.05) is 48.9 Å². The molecule has 0 saturated carbocycles. The van der Waals surface area contributed by atoms with Gasteiger partial charge in [0.2, 0.25) is 0 Å². The predicted molar refractivity (Wildman–Crippen MR) is 116 cm³/mol. The summed E-state index contributed by atoms with van der Waals surface area (Å²) in [7, 11) is 1.51. The number of hydrogen-bond acceptors (Lipinski definition) is 5. The van der Waals surface area contributed by atoms with Gasteiger partial charge in [-0.3, -0.25) is 0 Å². The Morgan fingerprint density at radius 3 is 2.93 bits per heavy atom. The van der Waals surface area contributed by atoms with Gasteiger partial charge >= 0.3 is 0 Å². The van der Waals surface area contributed by atoms with Crippen molar-refractivity contribution in [3.8, 4) is 0 Å². The van der Waals surface area contributed by atoms with Crippen LogP contribution in [0.3, 0.4) is 0 Å². The van der Waals surface area contributed by atoms with E-state index in [0.29, 0.717) is 5.84 Å². The van der Waals surface area contributed by atoms with Gasteiger partial charge in [0.05, 0.1) is 17.5 Å². The number of rotatable bonds is 7. The first-order chi connectivity index (χ1) is 13.7. The van der Waals surface area contributed by atoms with Crippen molar-refractivity contribution in [2.45, 2.75) is 39.2 Å². The second-order valence-corrected chi connectivity index (χ2v) is 7.04. The number of allylic oxidation sites excluding steroid dienone is 6. The topological polar surface area (TPSA) is 84.4 Å². The molecule has 3 N–H and O–H groups in total. The quantitative estimate of drug-likeness (QED) is 0.402. The van der Waals surface area contributed by atoms with Crippen LogP contribution in [0.15, 0.2) is 74.6 Å². The number of aliphatic imine (C=N–C) groups is 1. The van der Waals surface area contributed by atoms with E-state index in [-0.39, 0.29) is 17.9 Å². The lowest BCUT2D eigenvalue weighted by atomic mass is 9.89. The molecule has 0 saturated heterocycles. The summed E-state index contributed by atoms with van der Waals surface area (Å²) in [5, 5.41) is 8.02. The Labute approximate surface area is 167 Å². The van der Waals surface area contributed by atoms with E-state index in [1.54, 1.807) is 0 Å². The van der Waals surface area contributed by atoms with Crippen molar-refractivity contribution in [2.24, 2.45) is 32.8 Å². The van der Waals surface area contributed by atoms with Gasteiger partial charge in [0, 0.05) is 18.1 Å². The average molecular weight is 380 g/mol. The molecule has 1 heterocycles. The maximum Gasteiger partial charge on any atom is 0.146 e. The monoisotopic (exact) mass is 379 g/mol. The zero-order valence-corrected chi connectivity index (χ0v) is 16.8. The fourth-order valence-corrected chi connectivity index (χ4v) is 3.55. The molecule has 0 bridgehead atoms. The van der Waals surface area contributed by atoms with Gasteiger partial charge in [0.1, 0.15) is 12.9 Å². The molecule has 6 heteroatoms. The highest BCUT2D eigenvalue weighted by atomic mass is 16.6. The third kappa shape index (κ3) is 4.50. The number of amidine groups is 1. The van der Waals surface area contributed by atoms with Crippen LogP contribution in [0, 0.1) is 11.8 Å². The zero-order chi connectivity index (χ0) is 19.9. The van der Waals surface area contributed by atoms with Crippen molar-refractivity contribution in [1.29, 1.82) is 0 Å². The molecular formula is C22H29N5O. The van der Waals surface area contributed by atoms with E-state index in [1.807, 2.05) is 6.21 Å². The van der Waals surface area contributed by atoms with Crippen LogP contribution in [0.25, 0.3) is 0 Å². The Hall–Kier alpha value is -2.89. The average Bonchev–Trinajstić information content (AvgIpc) is 3.19. The minimum absolute atomic E-state index is 0.0560. The minimum Gasteiger partial charge on any atom is -0.398 e. The third-order valence-electron chi connectivity index (χ3n) is 5.09. The molecule has 1 aliphatic heterocycles. The fourth-order valence-electron chi connectivity index (χ4n) is 3.55. The van der Waals surface area contributed by atoms with E-state index in [0.717, 1.165) is 36.2 Å². The Kier molecular flexibility index (Phi) is 6.63. The summed E-state index contributed by atoms with van der Waals surface area (Å²) in [5.74, 6) is 0.806. The van der Waals surface area contributed by atoms with Crippen molar-refractivity contribution >= 4 is 17.8 Å². The summed E-state index contributed by atoms with van der Waals surface area (Å²) in [6.07, 6.45) is 19.7. The van der Waals surface area contributed by atoms with Crippen LogP contribution < -0.4 is 11.2 Å². The van der Waals surface area contributed by atoms with Gasteiger partial charge in [-0.2, -0.15) is 5.10 Å². The lowest BCUT2D eigenvalue weighted by Gasteiger charge is -2.20. The van der Waals surface area contributed by atoms with Crippen LogP contribution in [0.1, 0.15) is 33.1 Å². The van der Waals surface area contributed by atoms with Gasteiger partial charge in [0.15, 0.2) is 0 Å². The van der Waals surface area contributed by atoms with E-state index >= 15 is 0 Å². The number of nitrogens with two attached hydrogens (primary N) is 1. The summed E-state index contributed by atoms with van der Waals surface area (Å²) in [5.41, 5.74) is 13.5. The first kappa shape index (κ1) is 19.9. The minimum atomic E-state index is 0.0560. The van der Waals surface area contributed by atoms with Crippen LogP contribution in [-0.4, -0.2) is 30.9 Å². The molecule has 6 nitrogen and oxygen atoms in total. The van der Waals surface area contributed by atoms with Crippen molar-refractivity contribution in [2.75, 3.05) is 7.11 Å². The Morgan fingerprint density at radius 1 is 1.39 bits per heavy atom. The molecule has 0 radical (unpaired) electrons. The molecule has 0 fully saturated rings. The molecule has 0 aromatic carbocycles. The SMILES string of the molecule is C/C=C(\CCC)C(=NC1=CC2C=NNC2C=C1)C1=CCC(/C(N)=N/OC)C=C1. The summed E-state index contributed by atoms with van der Waals surface area (Å²) in [6, 6.07) is 0.247. The number of nitrogens with one attached hydrogen (secondary N) is 1. The van der Waals surface area contributed by atoms with Gasteiger partial charge in [-0.05, 0) is 43.1 Å². The summed E-state index contributed by atoms with van der Waals surface area (Å²) < 4.78 is 0. The van der Waals surface area contributed by atoms with Gasteiger partial charge in [-0.25, -0.2) is 4.99 Å². The summed E-state index contributed by atoms with van der Waals surface area (Å²) in [6.45, 7) is 4.27. The largest absolute Gasteiger partial charge is 0.398 e. The fraction of sp³-hybridized carbons (Fsp3) is 0.409. The van der Waals surface area contributed by atoms with Crippen molar-refractivity contribution in [3.05, 3.63) is 59.4 Å². The molecule has 0 amide bonds. The van der Waals surface area contributed by atoms with E-state index < -0.39 is 0 Å². The second-order valence-electron chi connectivity index (χ2n) is 7.04. The van der Waals surface area contributed by atoms with E-state index in [2.05, 4.69) is 72.1 Å². The maximum absolute atomic E-state index is 5.98. The molecule has 0 aromatic rings. The van der Waals surface area contributed by atoms with Crippen LogP contribution in [0.4, 0.5) is 0 Å². The number of hydrogen-bond donors (Lipinski definition) is 2. The second kappa shape index (κ2) is 9.35. The Morgan fingerprint density at radius 2 is 2.25 bits per heavy atom. The number of fused-ring (bicyclic) bond motifs is 1. The van der Waals surface area contributed by atoms with Crippen molar-refractivity contribution in [1.82, 2.24) is 5.43 Å². The Bertz CT molecular complexity index is 826. The molecule has 0 aromatic heterocycles. The van der Waals surface area contributed by atoms with Gasteiger partial charge < -0.3 is 16.0 Å². The van der Waals surface area contributed by atoms with Crippen molar-refractivity contribution < 1.29 is 4.84 Å². The summed E-state index contributed by atoms with van der Waals surface area (Å²) in [4.78, 5) is 9.84. The number of nitrogens with zero attached hydrogens (tertiary/aromatic N) is 3. The molecule has 3 rings (SSSR count). The predicted octanol–water partition coefficient (Wildman–Crippen LogP) is 3.62. The lowest BCUT2D eigenvalue weighted by molar-refractivity contribution is 0.211. The van der Waals surface area contributed by atoms with E-state index in [9.17, 15) is 0 Å². The highest BCUT2D eigenvalue weighted by molar-refractivity contribution is 6.15. The first-order valence-electron chi connectivity index (χ1n) is 9.84. The van der Waals surface area contributed by atoms with Gasteiger partial charge in [0.25, 0.3) is 0 Å². The first-order valence-corrected chi connectivity index (χ1v) is 9.84. The number of hydrazone groups is 1. The zero-order valence-electron chi connectivity index (χ0n) is 16.8. The number of oxime groups is 1. The molecular weight excluding hydrogens is 350 g/mol. The smallest absolute Gasteiger partial charge is 0.146 e. The highest BCUT2D eigenvalue weighted by Crippen LogP contribution is 2.26. The van der Waals surface area contributed by atoms with Crippen LogP contribution >= 0.6 is 0 Å². The third-order valence-corrected chi connectivity index (χ3v) is 5.09. The van der Waals surface area contributed by atoms with Gasteiger partial charge in [-0.15, -0.1) is 0 Å². The standard InChI is InChI=1S/C22H29N5O/c1-4-6-15(5-2)21(16-7-9-17(10-8-16)22(23)27-28-3)25-19-11-12-20-18(13-19)14-24-26-20/h5,7-9,11-14,17-18,20,26H,4,6,10H2,1-3H3,(H2,23,27)/b15-5+,25-21?. The Balaban J connectivity index is 1.89. The molecule has 3 unspecified atom stereocenters. The molecule has 3 aliphatic rings. The molecule has 148 valence electrons. The highest BCUT2D eigenvalue weighted by Gasteiger charge is 2.23. The molecule has 28 heavy (non-hydrogen) atoms. The molecule has 2 aliphatic carbocycles. The van der Waals surface area contributed by atoms with Crippen LogP contribution in [0.2, 0.25) is 0 Å². The molecule has 3 atom stereocenters. The van der Waals surface area contributed by atoms with E-state index in [1.165, 1.54) is 12.7 Å². The van der Waals surface area contributed by atoms with Crippen molar-refractivity contribution in [3.63, 3.8) is 0 Å².